The van der Waals surface area contributed by atoms with Crippen LogP contribution in [0.1, 0.15) is 43.5 Å². The number of thiazole rings is 1. The summed E-state index contributed by atoms with van der Waals surface area (Å²) in [5, 5.41) is 0.509. The SMILES string of the molecule is CC1CC(C)CN(S(=O)(=O)c2ccc(C(=O)N3CCC(Oc4nc5ccc(F)cc5s4)CC3)cc2)C1. The van der Waals surface area contributed by atoms with Gasteiger partial charge in [0.15, 0.2) is 0 Å². The van der Waals surface area contributed by atoms with E-state index in [1.807, 2.05) is 0 Å². The van der Waals surface area contributed by atoms with Crippen molar-refractivity contribution in [1.29, 1.82) is 0 Å². The van der Waals surface area contributed by atoms with Crippen molar-refractivity contribution in [3.05, 3.63) is 53.8 Å². The van der Waals surface area contributed by atoms with E-state index in [1.54, 1.807) is 39.5 Å². The summed E-state index contributed by atoms with van der Waals surface area (Å²) >= 11 is 1.32. The van der Waals surface area contributed by atoms with Gasteiger partial charge in [0, 0.05) is 44.6 Å². The van der Waals surface area contributed by atoms with Gasteiger partial charge in [-0.2, -0.15) is 4.31 Å². The zero-order valence-corrected chi connectivity index (χ0v) is 22.0. The van der Waals surface area contributed by atoms with E-state index in [0.29, 0.717) is 67.1 Å². The summed E-state index contributed by atoms with van der Waals surface area (Å²) in [6.45, 7) is 6.28. The summed E-state index contributed by atoms with van der Waals surface area (Å²) < 4.78 is 48.0. The Labute approximate surface area is 214 Å². The van der Waals surface area contributed by atoms with E-state index in [1.165, 1.54) is 23.5 Å². The molecule has 2 fully saturated rings. The zero-order valence-electron chi connectivity index (χ0n) is 20.4. The molecule has 0 spiro atoms. The lowest BCUT2D eigenvalue weighted by Crippen LogP contribution is -2.42. The van der Waals surface area contributed by atoms with E-state index in [9.17, 15) is 17.6 Å². The van der Waals surface area contributed by atoms with E-state index >= 15 is 0 Å². The number of carbonyl (C=O) groups is 1. The first-order valence-corrected chi connectivity index (χ1v) is 14.6. The summed E-state index contributed by atoms with van der Waals surface area (Å²) in [5.41, 5.74) is 1.18. The second-order valence-electron chi connectivity index (χ2n) is 9.99. The van der Waals surface area contributed by atoms with Gasteiger partial charge in [0.05, 0.1) is 15.1 Å². The lowest BCUT2D eigenvalue weighted by atomic mass is 9.94. The zero-order chi connectivity index (χ0) is 25.4. The maximum Gasteiger partial charge on any atom is 0.274 e. The first-order chi connectivity index (χ1) is 17.2. The molecule has 2 atom stereocenters. The van der Waals surface area contributed by atoms with Gasteiger partial charge in [-0.3, -0.25) is 4.79 Å². The molecule has 5 rings (SSSR count). The molecule has 2 aliphatic heterocycles. The summed E-state index contributed by atoms with van der Waals surface area (Å²) in [5.74, 6) is 0.238. The average Bonchev–Trinajstić information content (AvgIpc) is 3.25. The quantitative estimate of drug-likeness (QED) is 0.473. The third kappa shape index (κ3) is 5.26. The fourth-order valence-corrected chi connectivity index (χ4v) is 7.74. The number of nitrogens with zero attached hydrogens (tertiary/aromatic N) is 3. The van der Waals surface area contributed by atoms with Crippen LogP contribution in [0, 0.1) is 17.7 Å². The predicted molar refractivity (Wildman–Crippen MR) is 137 cm³/mol. The van der Waals surface area contributed by atoms with Crippen molar-refractivity contribution >= 4 is 37.5 Å². The molecule has 2 aromatic carbocycles. The monoisotopic (exact) mass is 531 g/mol. The molecule has 7 nitrogen and oxygen atoms in total. The Hall–Kier alpha value is -2.56. The second-order valence-corrected chi connectivity index (χ2v) is 12.9. The Balaban J connectivity index is 1.18. The highest BCUT2D eigenvalue weighted by Gasteiger charge is 2.32. The summed E-state index contributed by atoms with van der Waals surface area (Å²) in [6, 6.07) is 10.8. The van der Waals surface area contributed by atoms with Crippen molar-refractivity contribution < 1.29 is 22.3 Å². The number of piperidine rings is 2. The van der Waals surface area contributed by atoms with Crippen LogP contribution in [-0.2, 0) is 10.0 Å². The van der Waals surface area contributed by atoms with Crippen molar-refractivity contribution in [3.8, 4) is 5.19 Å². The molecule has 1 amide bonds. The van der Waals surface area contributed by atoms with E-state index in [0.717, 1.165) is 11.1 Å². The van der Waals surface area contributed by atoms with Gasteiger partial charge in [0.2, 0.25) is 10.0 Å². The fraction of sp³-hybridized carbons (Fsp3) is 0.462. The Morgan fingerprint density at radius 3 is 2.39 bits per heavy atom. The van der Waals surface area contributed by atoms with Crippen LogP contribution in [0.15, 0.2) is 47.4 Å². The standard InChI is InChI=1S/C26H30FN3O4S2/c1-17-13-18(2)16-30(15-17)36(32,33)22-6-3-19(4-7-22)25(31)29-11-9-21(10-12-29)34-26-28-23-8-5-20(27)14-24(23)35-26/h3-8,14,17-18,21H,9-13,15-16H2,1-2H3. The van der Waals surface area contributed by atoms with E-state index < -0.39 is 10.0 Å². The number of likely N-dealkylation sites (tertiary alicyclic amines) is 1. The first kappa shape index (κ1) is 25.1. The molecule has 192 valence electrons. The van der Waals surface area contributed by atoms with E-state index in [4.69, 9.17) is 4.74 Å². The minimum Gasteiger partial charge on any atom is -0.467 e. The lowest BCUT2D eigenvalue weighted by molar-refractivity contribution is 0.0595. The molecule has 0 N–H and O–H groups in total. The van der Waals surface area contributed by atoms with Gasteiger partial charge in [-0.1, -0.05) is 25.2 Å². The van der Waals surface area contributed by atoms with Crippen molar-refractivity contribution in [2.75, 3.05) is 26.2 Å². The number of benzene rings is 2. The van der Waals surface area contributed by atoms with Gasteiger partial charge in [-0.05, 0) is 60.7 Å². The summed E-state index contributed by atoms with van der Waals surface area (Å²) in [7, 11) is -3.58. The molecule has 3 aromatic rings. The minimum absolute atomic E-state index is 0.0682. The largest absolute Gasteiger partial charge is 0.467 e. The van der Waals surface area contributed by atoms with Crippen molar-refractivity contribution in [3.63, 3.8) is 0 Å². The molecule has 36 heavy (non-hydrogen) atoms. The number of halogens is 1. The van der Waals surface area contributed by atoms with Crippen LogP contribution in [0.5, 0.6) is 5.19 Å². The van der Waals surface area contributed by atoms with Crippen molar-refractivity contribution in [2.24, 2.45) is 11.8 Å². The van der Waals surface area contributed by atoms with Gasteiger partial charge in [0.1, 0.15) is 11.9 Å². The van der Waals surface area contributed by atoms with Gasteiger partial charge in [-0.25, -0.2) is 17.8 Å². The highest BCUT2D eigenvalue weighted by atomic mass is 32.2. The van der Waals surface area contributed by atoms with Gasteiger partial charge in [-0.15, -0.1) is 0 Å². The highest BCUT2D eigenvalue weighted by molar-refractivity contribution is 7.89. The van der Waals surface area contributed by atoms with Crippen LogP contribution < -0.4 is 4.74 Å². The Morgan fingerprint density at radius 1 is 1.06 bits per heavy atom. The molecule has 0 aliphatic carbocycles. The van der Waals surface area contributed by atoms with Crippen LogP contribution in [-0.4, -0.2) is 60.8 Å². The normalized spacial score (nSPS) is 22.1. The lowest BCUT2D eigenvalue weighted by Gasteiger charge is -2.34. The fourth-order valence-electron chi connectivity index (χ4n) is 5.15. The van der Waals surface area contributed by atoms with Crippen molar-refractivity contribution in [2.45, 2.75) is 44.1 Å². The van der Waals surface area contributed by atoms with Crippen molar-refractivity contribution in [1.82, 2.24) is 14.2 Å². The number of amides is 1. The first-order valence-electron chi connectivity index (χ1n) is 12.3. The third-order valence-electron chi connectivity index (χ3n) is 6.90. The average molecular weight is 532 g/mol. The van der Waals surface area contributed by atoms with E-state index in [-0.39, 0.29) is 22.7 Å². The van der Waals surface area contributed by atoms with Gasteiger partial charge in [0.25, 0.3) is 11.1 Å². The smallest absolute Gasteiger partial charge is 0.274 e. The highest BCUT2D eigenvalue weighted by Crippen LogP contribution is 2.31. The topological polar surface area (TPSA) is 79.8 Å². The van der Waals surface area contributed by atoms with Gasteiger partial charge >= 0.3 is 0 Å². The number of fused-ring (bicyclic) bond motifs is 1. The Bertz CT molecular complexity index is 1340. The van der Waals surface area contributed by atoms with E-state index in [2.05, 4.69) is 18.8 Å². The molecular formula is C26H30FN3O4S2. The van der Waals surface area contributed by atoms with Crippen LogP contribution in [0.3, 0.4) is 0 Å². The van der Waals surface area contributed by atoms with Gasteiger partial charge < -0.3 is 9.64 Å². The number of ether oxygens (including phenoxy) is 1. The number of aromatic nitrogens is 1. The maximum atomic E-state index is 13.4. The Morgan fingerprint density at radius 2 is 1.72 bits per heavy atom. The molecule has 10 heteroatoms. The molecule has 1 aromatic heterocycles. The van der Waals surface area contributed by atoms with Crippen LogP contribution in [0.2, 0.25) is 0 Å². The number of hydrogen-bond donors (Lipinski definition) is 0. The third-order valence-corrected chi connectivity index (χ3v) is 9.66. The second kappa shape index (κ2) is 10.1. The molecule has 2 saturated heterocycles. The molecule has 0 saturated carbocycles. The number of rotatable bonds is 5. The predicted octanol–water partition coefficient (Wildman–Crippen LogP) is 4.79. The maximum absolute atomic E-state index is 13.4. The molecule has 3 heterocycles. The molecule has 2 unspecified atom stereocenters. The van der Waals surface area contributed by atoms with Crippen LogP contribution >= 0.6 is 11.3 Å². The molecule has 0 radical (unpaired) electrons. The number of hydrogen-bond acceptors (Lipinski definition) is 6. The number of carbonyl (C=O) groups excluding carboxylic acids is 1. The summed E-state index contributed by atoms with van der Waals surface area (Å²) in [4.78, 5) is 19.5. The molecule has 0 bridgehead atoms. The Kier molecular flexibility index (Phi) is 7.02. The minimum atomic E-state index is -3.58. The summed E-state index contributed by atoms with van der Waals surface area (Å²) in [6.07, 6.45) is 2.28. The van der Waals surface area contributed by atoms with Crippen LogP contribution in [0.25, 0.3) is 10.2 Å². The van der Waals surface area contributed by atoms with Crippen LogP contribution in [0.4, 0.5) is 4.39 Å². The molecule has 2 aliphatic rings. The molecular weight excluding hydrogens is 501 g/mol. The number of sulfonamides is 1.